The Morgan fingerprint density at radius 2 is 1.71 bits per heavy atom. The highest BCUT2D eigenvalue weighted by atomic mass is 79.9. The Balaban J connectivity index is 2.16. The van der Waals surface area contributed by atoms with Crippen LogP contribution in [0.2, 0.25) is 0 Å². The van der Waals surface area contributed by atoms with Crippen molar-refractivity contribution in [2.45, 2.75) is 46.1 Å². The maximum atomic E-state index is 4.59. The van der Waals surface area contributed by atoms with Crippen LogP contribution < -0.4 is 0 Å². The van der Waals surface area contributed by atoms with Crippen LogP contribution in [0.5, 0.6) is 0 Å². The molecule has 0 unspecified atom stereocenters. The molecule has 2 aromatic rings. The molecule has 114 valence electrons. The molecule has 0 aliphatic heterocycles. The minimum absolute atomic E-state index is 0.323. The van der Waals surface area contributed by atoms with Gasteiger partial charge in [-0.05, 0) is 23.8 Å². The summed E-state index contributed by atoms with van der Waals surface area (Å²) in [6.07, 6.45) is 9.08. The van der Waals surface area contributed by atoms with Gasteiger partial charge in [-0.25, -0.2) is 0 Å². The summed E-state index contributed by atoms with van der Waals surface area (Å²) in [7, 11) is 0. The highest BCUT2D eigenvalue weighted by Crippen LogP contribution is 2.34. The highest BCUT2D eigenvalue weighted by Gasteiger charge is 2.28. The lowest BCUT2D eigenvalue weighted by molar-refractivity contribution is 0.223. The highest BCUT2D eigenvalue weighted by molar-refractivity contribution is 9.09. The van der Waals surface area contributed by atoms with Crippen molar-refractivity contribution in [1.82, 2.24) is 9.78 Å². The van der Waals surface area contributed by atoms with Gasteiger partial charge in [0.2, 0.25) is 0 Å². The van der Waals surface area contributed by atoms with E-state index in [0.29, 0.717) is 5.41 Å². The molecule has 0 N–H and O–H groups in total. The van der Waals surface area contributed by atoms with E-state index in [9.17, 15) is 0 Å². The summed E-state index contributed by atoms with van der Waals surface area (Å²) in [4.78, 5) is 0. The van der Waals surface area contributed by atoms with Gasteiger partial charge in [0.1, 0.15) is 0 Å². The first-order valence-corrected chi connectivity index (χ1v) is 8.99. The molecule has 3 heteroatoms. The molecule has 1 aromatic heterocycles. The largest absolute Gasteiger partial charge is 0.272 e. The summed E-state index contributed by atoms with van der Waals surface area (Å²) < 4.78 is 2.12. The molecular formula is C18H25BrN2. The van der Waals surface area contributed by atoms with E-state index < -0.39 is 0 Å². The van der Waals surface area contributed by atoms with E-state index in [0.717, 1.165) is 11.9 Å². The zero-order valence-corrected chi connectivity index (χ0v) is 14.6. The molecule has 0 bridgehead atoms. The van der Waals surface area contributed by atoms with Gasteiger partial charge in [-0.2, -0.15) is 5.10 Å². The second kappa shape index (κ2) is 7.79. The fourth-order valence-electron chi connectivity index (χ4n) is 3.09. The summed E-state index contributed by atoms with van der Waals surface area (Å²) in [5.41, 5.74) is 2.76. The minimum atomic E-state index is 0.323. The molecule has 0 radical (unpaired) electrons. The van der Waals surface area contributed by atoms with Crippen LogP contribution in [-0.2, 0) is 6.54 Å². The van der Waals surface area contributed by atoms with Crippen LogP contribution >= 0.6 is 15.9 Å². The van der Waals surface area contributed by atoms with Gasteiger partial charge in [0.15, 0.2) is 0 Å². The average molecular weight is 349 g/mol. The van der Waals surface area contributed by atoms with Gasteiger partial charge in [0.05, 0.1) is 6.20 Å². The topological polar surface area (TPSA) is 17.8 Å². The molecule has 0 saturated heterocycles. The molecule has 1 aromatic carbocycles. The normalized spacial score (nSPS) is 11.8. The lowest BCUT2D eigenvalue weighted by Gasteiger charge is -2.31. The molecular weight excluding hydrogens is 324 g/mol. The van der Waals surface area contributed by atoms with E-state index >= 15 is 0 Å². The van der Waals surface area contributed by atoms with Gasteiger partial charge in [-0.3, -0.25) is 4.68 Å². The molecule has 2 rings (SSSR count). The van der Waals surface area contributed by atoms with Gasteiger partial charge < -0.3 is 0 Å². The van der Waals surface area contributed by atoms with Gasteiger partial charge in [0, 0.05) is 23.6 Å². The maximum Gasteiger partial charge on any atom is 0.0568 e. The number of nitrogens with zero attached hydrogens (tertiary/aromatic N) is 2. The van der Waals surface area contributed by atoms with Crippen LogP contribution in [-0.4, -0.2) is 15.1 Å². The minimum Gasteiger partial charge on any atom is -0.272 e. The average Bonchev–Trinajstić information content (AvgIpc) is 2.97. The maximum absolute atomic E-state index is 4.59. The smallest absolute Gasteiger partial charge is 0.0568 e. The number of rotatable bonds is 8. The summed E-state index contributed by atoms with van der Waals surface area (Å²) in [5.74, 6) is 0. The summed E-state index contributed by atoms with van der Waals surface area (Å²) >= 11 is 3.74. The number of hydrogen-bond donors (Lipinski definition) is 0. The Kier molecular flexibility index (Phi) is 6.04. The Morgan fingerprint density at radius 3 is 2.29 bits per heavy atom. The predicted molar refractivity (Wildman–Crippen MR) is 93.7 cm³/mol. The molecule has 0 saturated carbocycles. The number of hydrogen-bond acceptors (Lipinski definition) is 1. The van der Waals surface area contributed by atoms with Crippen LogP contribution in [0.4, 0.5) is 0 Å². The van der Waals surface area contributed by atoms with Crippen LogP contribution in [0.3, 0.4) is 0 Å². The van der Waals surface area contributed by atoms with Crippen molar-refractivity contribution >= 4 is 15.9 Å². The van der Waals surface area contributed by atoms with Crippen LogP contribution in [0.25, 0.3) is 11.1 Å². The van der Waals surface area contributed by atoms with Crippen molar-refractivity contribution < 1.29 is 0 Å². The first-order valence-electron chi connectivity index (χ1n) is 7.87. The molecule has 0 fully saturated rings. The van der Waals surface area contributed by atoms with E-state index in [1.165, 1.54) is 36.8 Å². The van der Waals surface area contributed by atoms with E-state index in [2.05, 4.69) is 70.0 Å². The lowest BCUT2D eigenvalue weighted by Crippen LogP contribution is -2.29. The summed E-state index contributed by atoms with van der Waals surface area (Å²) in [6, 6.07) is 10.5. The Bertz CT molecular complexity index is 527. The first-order chi connectivity index (χ1) is 10.2. The van der Waals surface area contributed by atoms with Crippen LogP contribution in [0.1, 0.15) is 39.5 Å². The third-order valence-corrected chi connectivity index (χ3v) is 5.27. The fourth-order valence-corrected chi connectivity index (χ4v) is 3.83. The Hall–Kier alpha value is -1.09. The van der Waals surface area contributed by atoms with Gasteiger partial charge >= 0.3 is 0 Å². The second-order valence-corrected chi connectivity index (χ2v) is 6.49. The molecule has 0 aliphatic carbocycles. The van der Waals surface area contributed by atoms with E-state index in [1.807, 2.05) is 12.3 Å². The third-order valence-electron chi connectivity index (χ3n) is 4.08. The van der Waals surface area contributed by atoms with Crippen molar-refractivity contribution in [3.63, 3.8) is 0 Å². The van der Waals surface area contributed by atoms with E-state index in [-0.39, 0.29) is 0 Å². The molecule has 21 heavy (non-hydrogen) atoms. The number of alkyl halides is 1. The van der Waals surface area contributed by atoms with E-state index in [4.69, 9.17) is 0 Å². The lowest BCUT2D eigenvalue weighted by atomic mass is 9.81. The van der Waals surface area contributed by atoms with Crippen molar-refractivity contribution in [3.05, 3.63) is 42.7 Å². The fraction of sp³-hybridized carbons (Fsp3) is 0.500. The molecule has 1 heterocycles. The zero-order chi connectivity index (χ0) is 15.1. The quantitative estimate of drug-likeness (QED) is 0.573. The summed E-state index contributed by atoms with van der Waals surface area (Å²) in [6.45, 7) is 5.53. The van der Waals surface area contributed by atoms with Gasteiger partial charge in [-0.15, -0.1) is 0 Å². The SMILES string of the molecule is CCCC(CBr)(CCC)Cn1cc(-c2ccccc2)cn1. The third kappa shape index (κ3) is 4.19. The molecule has 0 aliphatic rings. The van der Waals surface area contributed by atoms with Crippen molar-refractivity contribution in [1.29, 1.82) is 0 Å². The Labute approximate surface area is 136 Å². The molecule has 0 atom stereocenters. The van der Waals surface area contributed by atoms with Crippen LogP contribution in [0, 0.1) is 5.41 Å². The second-order valence-electron chi connectivity index (χ2n) is 5.93. The van der Waals surface area contributed by atoms with Crippen molar-refractivity contribution in [2.75, 3.05) is 5.33 Å². The molecule has 0 amide bonds. The van der Waals surface area contributed by atoms with Crippen molar-refractivity contribution in [3.8, 4) is 11.1 Å². The monoisotopic (exact) mass is 348 g/mol. The van der Waals surface area contributed by atoms with Gasteiger partial charge in [0.25, 0.3) is 0 Å². The Morgan fingerprint density at radius 1 is 1.05 bits per heavy atom. The predicted octanol–water partition coefficient (Wildman–Crippen LogP) is 5.53. The van der Waals surface area contributed by atoms with E-state index in [1.54, 1.807) is 0 Å². The number of aromatic nitrogens is 2. The first kappa shape index (κ1) is 16.3. The standard InChI is InChI=1S/C18H25BrN2/c1-3-10-18(14-19,11-4-2)15-21-13-17(12-20-21)16-8-6-5-7-9-16/h5-9,12-13H,3-4,10-11,14-15H2,1-2H3. The van der Waals surface area contributed by atoms with Crippen LogP contribution in [0.15, 0.2) is 42.7 Å². The summed E-state index contributed by atoms with van der Waals surface area (Å²) in [5, 5.41) is 5.63. The van der Waals surface area contributed by atoms with Crippen molar-refractivity contribution in [2.24, 2.45) is 5.41 Å². The number of halogens is 1. The zero-order valence-electron chi connectivity index (χ0n) is 13.1. The number of benzene rings is 1. The van der Waals surface area contributed by atoms with Gasteiger partial charge in [-0.1, -0.05) is 73.0 Å². The molecule has 2 nitrogen and oxygen atoms in total. The molecule has 0 spiro atoms.